The number of rotatable bonds is 4. The molecule has 19 heavy (non-hydrogen) atoms. The number of anilines is 1. The van der Waals surface area contributed by atoms with E-state index in [-0.39, 0.29) is 12.3 Å². The number of hydrogen-bond donors (Lipinski definition) is 2. The lowest BCUT2D eigenvalue weighted by Crippen LogP contribution is -2.47. The van der Waals surface area contributed by atoms with Gasteiger partial charge in [0.2, 0.25) is 0 Å². The van der Waals surface area contributed by atoms with Crippen molar-refractivity contribution in [2.45, 2.75) is 25.3 Å². The van der Waals surface area contributed by atoms with Gasteiger partial charge in [-0.2, -0.15) is 0 Å². The van der Waals surface area contributed by atoms with E-state index in [4.69, 9.17) is 4.74 Å². The molecule has 2 rings (SSSR count). The van der Waals surface area contributed by atoms with E-state index in [1.165, 1.54) is 6.07 Å². The van der Waals surface area contributed by atoms with Gasteiger partial charge in [-0.3, -0.25) is 10.1 Å². The summed E-state index contributed by atoms with van der Waals surface area (Å²) in [5, 5.41) is 23.5. The number of ether oxygens (including phenoxy) is 1. The van der Waals surface area contributed by atoms with Crippen LogP contribution in [-0.4, -0.2) is 40.4 Å². The van der Waals surface area contributed by atoms with Crippen LogP contribution < -0.4 is 5.32 Å². The van der Waals surface area contributed by atoms with Crippen LogP contribution in [0.5, 0.6) is 0 Å². The Hall–Kier alpha value is -1.73. The van der Waals surface area contributed by atoms with E-state index < -0.39 is 10.5 Å². The molecule has 7 nitrogen and oxygen atoms in total. The summed E-state index contributed by atoms with van der Waals surface area (Å²) in [5.74, 6) is 0.541. The molecule has 0 aliphatic carbocycles. The maximum atomic E-state index is 10.7. The lowest BCUT2D eigenvalue weighted by molar-refractivity contribution is -0.385. The molecule has 0 amide bonds. The van der Waals surface area contributed by atoms with Gasteiger partial charge in [0.05, 0.1) is 17.1 Å². The van der Waals surface area contributed by atoms with E-state index in [0.29, 0.717) is 37.6 Å². The number of aliphatic hydroxyl groups is 1. The maximum absolute atomic E-state index is 10.7. The quantitative estimate of drug-likeness (QED) is 0.629. The zero-order valence-corrected chi connectivity index (χ0v) is 10.8. The zero-order valence-electron chi connectivity index (χ0n) is 10.8. The van der Waals surface area contributed by atoms with Crippen molar-refractivity contribution in [3.05, 3.63) is 27.9 Å². The van der Waals surface area contributed by atoms with E-state index >= 15 is 0 Å². The SMILES string of the molecule is Cc1nc(NC2(CO)CCOCC2)ccc1[N+](=O)[O-]. The summed E-state index contributed by atoms with van der Waals surface area (Å²) in [6, 6.07) is 2.99. The normalized spacial score (nSPS) is 18.0. The highest BCUT2D eigenvalue weighted by atomic mass is 16.6. The Morgan fingerprint density at radius 1 is 1.53 bits per heavy atom. The van der Waals surface area contributed by atoms with Gasteiger partial charge in [0, 0.05) is 19.3 Å². The lowest BCUT2D eigenvalue weighted by atomic mass is 9.91. The average molecular weight is 267 g/mol. The molecule has 0 atom stereocenters. The van der Waals surface area contributed by atoms with Crippen molar-refractivity contribution in [2.24, 2.45) is 0 Å². The molecule has 1 aliphatic heterocycles. The fourth-order valence-electron chi connectivity index (χ4n) is 2.17. The molecule has 0 bridgehead atoms. The molecular formula is C12H17N3O4. The number of nitrogens with zero attached hydrogens (tertiary/aromatic N) is 2. The molecule has 1 aliphatic rings. The Morgan fingerprint density at radius 2 is 2.21 bits per heavy atom. The largest absolute Gasteiger partial charge is 0.394 e. The van der Waals surface area contributed by atoms with Gasteiger partial charge in [-0.15, -0.1) is 0 Å². The monoisotopic (exact) mass is 267 g/mol. The Morgan fingerprint density at radius 3 is 2.74 bits per heavy atom. The van der Waals surface area contributed by atoms with Crippen LogP contribution in [0.4, 0.5) is 11.5 Å². The van der Waals surface area contributed by atoms with Crippen LogP contribution in [0.2, 0.25) is 0 Å². The molecule has 0 saturated carbocycles. The van der Waals surface area contributed by atoms with Crippen molar-refractivity contribution in [2.75, 3.05) is 25.1 Å². The van der Waals surface area contributed by atoms with Crippen molar-refractivity contribution in [1.29, 1.82) is 0 Å². The van der Waals surface area contributed by atoms with Crippen LogP contribution in [0.3, 0.4) is 0 Å². The van der Waals surface area contributed by atoms with E-state index in [9.17, 15) is 15.2 Å². The third-order valence-corrected chi connectivity index (χ3v) is 3.40. The minimum atomic E-state index is -0.456. The number of aryl methyl sites for hydroxylation is 1. The smallest absolute Gasteiger partial charge is 0.290 e. The highest BCUT2D eigenvalue weighted by Gasteiger charge is 2.32. The molecule has 0 aromatic carbocycles. The van der Waals surface area contributed by atoms with Crippen molar-refractivity contribution in [1.82, 2.24) is 4.98 Å². The van der Waals surface area contributed by atoms with Gasteiger partial charge in [-0.05, 0) is 25.8 Å². The first-order valence-electron chi connectivity index (χ1n) is 6.15. The topological polar surface area (TPSA) is 97.5 Å². The number of hydrogen-bond acceptors (Lipinski definition) is 6. The molecule has 0 radical (unpaired) electrons. The number of aromatic nitrogens is 1. The van der Waals surface area contributed by atoms with Gasteiger partial charge in [0.25, 0.3) is 5.69 Å². The minimum Gasteiger partial charge on any atom is -0.394 e. The molecule has 7 heteroatoms. The summed E-state index contributed by atoms with van der Waals surface area (Å²) in [5.41, 5.74) is -0.0980. The predicted octanol–water partition coefficient (Wildman–Crippen LogP) is 1.25. The van der Waals surface area contributed by atoms with Crippen LogP contribution in [0, 0.1) is 17.0 Å². The van der Waals surface area contributed by atoms with Gasteiger partial charge in [-0.25, -0.2) is 4.98 Å². The molecule has 0 unspecified atom stereocenters. The summed E-state index contributed by atoms with van der Waals surface area (Å²) in [6.07, 6.45) is 1.36. The summed E-state index contributed by atoms with van der Waals surface area (Å²) in [7, 11) is 0. The van der Waals surface area contributed by atoms with Gasteiger partial charge in [0.15, 0.2) is 0 Å². The van der Waals surface area contributed by atoms with E-state index in [2.05, 4.69) is 10.3 Å². The third kappa shape index (κ3) is 2.99. The number of aliphatic hydroxyl groups excluding tert-OH is 1. The third-order valence-electron chi connectivity index (χ3n) is 3.40. The highest BCUT2D eigenvalue weighted by molar-refractivity contribution is 5.46. The van der Waals surface area contributed by atoms with Crippen molar-refractivity contribution >= 4 is 11.5 Å². The van der Waals surface area contributed by atoms with Crippen LogP contribution in [-0.2, 0) is 4.74 Å². The summed E-state index contributed by atoms with van der Waals surface area (Å²) < 4.78 is 5.28. The molecule has 1 aromatic rings. The number of nitro groups is 1. The Balaban J connectivity index is 2.18. The zero-order chi connectivity index (χ0) is 13.9. The summed E-state index contributed by atoms with van der Waals surface area (Å²) >= 11 is 0. The fourth-order valence-corrected chi connectivity index (χ4v) is 2.17. The highest BCUT2D eigenvalue weighted by Crippen LogP contribution is 2.26. The minimum absolute atomic E-state index is 0.00410. The number of nitrogens with one attached hydrogen (secondary N) is 1. The van der Waals surface area contributed by atoms with Gasteiger partial charge >= 0.3 is 0 Å². The van der Waals surface area contributed by atoms with Gasteiger partial charge in [0.1, 0.15) is 11.5 Å². The molecule has 104 valence electrons. The van der Waals surface area contributed by atoms with E-state index in [1.807, 2.05) is 0 Å². The number of pyridine rings is 1. The van der Waals surface area contributed by atoms with E-state index in [1.54, 1.807) is 13.0 Å². The summed E-state index contributed by atoms with van der Waals surface area (Å²) in [6.45, 7) is 2.74. The van der Waals surface area contributed by atoms with E-state index in [0.717, 1.165) is 0 Å². The predicted molar refractivity (Wildman–Crippen MR) is 69.1 cm³/mol. The molecular weight excluding hydrogens is 250 g/mol. The van der Waals surface area contributed by atoms with Crippen molar-refractivity contribution in [3.8, 4) is 0 Å². The Kier molecular flexibility index (Phi) is 3.96. The van der Waals surface area contributed by atoms with Crippen LogP contribution in [0.15, 0.2) is 12.1 Å². The van der Waals surface area contributed by atoms with Crippen LogP contribution >= 0.6 is 0 Å². The Bertz CT molecular complexity index is 472. The second kappa shape index (κ2) is 5.50. The molecule has 1 fully saturated rings. The summed E-state index contributed by atoms with van der Waals surface area (Å²) in [4.78, 5) is 14.5. The van der Waals surface area contributed by atoms with Gasteiger partial charge in [-0.1, -0.05) is 0 Å². The average Bonchev–Trinajstić information content (AvgIpc) is 2.39. The Labute approximate surface area is 110 Å². The molecule has 2 N–H and O–H groups in total. The van der Waals surface area contributed by atoms with Crippen molar-refractivity contribution < 1.29 is 14.8 Å². The maximum Gasteiger partial charge on any atom is 0.290 e. The van der Waals surface area contributed by atoms with Crippen molar-refractivity contribution in [3.63, 3.8) is 0 Å². The first-order valence-corrected chi connectivity index (χ1v) is 6.15. The van der Waals surface area contributed by atoms with Crippen LogP contribution in [0.25, 0.3) is 0 Å². The fraction of sp³-hybridized carbons (Fsp3) is 0.583. The van der Waals surface area contributed by atoms with Crippen LogP contribution in [0.1, 0.15) is 18.5 Å². The standard InChI is InChI=1S/C12H17N3O4/c1-9-10(15(17)18)2-3-11(13-9)14-12(8-16)4-6-19-7-5-12/h2-3,16H,4-8H2,1H3,(H,13,14). The molecule has 2 heterocycles. The lowest BCUT2D eigenvalue weighted by Gasteiger charge is -2.36. The molecule has 1 saturated heterocycles. The molecule has 1 aromatic heterocycles. The molecule has 0 spiro atoms. The first kappa shape index (κ1) is 13.7. The van der Waals surface area contributed by atoms with Gasteiger partial charge < -0.3 is 15.2 Å². The second-order valence-electron chi connectivity index (χ2n) is 4.73. The second-order valence-corrected chi connectivity index (χ2v) is 4.73. The first-order chi connectivity index (χ1) is 9.06.